The van der Waals surface area contributed by atoms with Crippen LogP contribution >= 0.6 is 0 Å². The van der Waals surface area contributed by atoms with Crippen molar-refractivity contribution in [2.75, 3.05) is 39.3 Å². The standard InChI is InChI=1S/C20H24N2O3/c1-22(17-7-5-4-6-8-17)12-11-21-20(23)10-9-16-13-18(24-2)15-19(14-16)25-3/h4-10,13-15H,11-12H2,1-3H3,(H,21,23)/b10-9+. The van der Waals surface area contributed by atoms with Crippen molar-refractivity contribution in [1.82, 2.24) is 5.32 Å². The molecule has 1 N–H and O–H groups in total. The molecule has 2 rings (SSSR count). The third-order valence-electron chi connectivity index (χ3n) is 3.74. The number of benzene rings is 2. The predicted molar refractivity (Wildman–Crippen MR) is 101 cm³/mol. The first kappa shape index (κ1) is 18.4. The summed E-state index contributed by atoms with van der Waals surface area (Å²) in [6, 6.07) is 15.5. The van der Waals surface area contributed by atoms with Gasteiger partial charge in [0, 0.05) is 38.0 Å². The molecule has 2 aromatic carbocycles. The van der Waals surface area contributed by atoms with Gasteiger partial charge in [0.25, 0.3) is 0 Å². The highest BCUT2D eigenvalue weighted by atomic mass is 16.5. The molecule has 5 heteroatoms. The van der Waals surface area contributed by atoms with Crippen LogP contribution < -0.4 is 19.7 Å². The Morgan fingerprint density at radius 2 is 1.72 bits per heavy atom. The molecule has 0 fully saturated rings. The predicted octanol–water partition coefficient (Wildman–Crippen LogP) is 2.97. The Morgan fingerprint density at radius 1 is 1.08 bits per heavy atom. The third-order valence-corrected chi connectivity index (χ3v) is 3.74. The van der Waals surface area contributed by atoms with Crippen molar-refractivity contribution >= 4 is 17.7 Å². The summed E-state index contributed by atoms with van der Waals surface area (Å²) in [5, 5.41) is 2.88. The van der Waals surface area contributed by atoms with Crippen molar-refractivity contribution in [2.45, 2.75) is 0 Å². The second-order valence-corrected chi connectivity index (χ2v) is 5.53. The van der Waals surface area contributed by atoms with Crippen LogP contribution in [0.2, 0.25) is 0 Å². The van der Waals surface area contributed by atoms with Gasteiger partial charge in [0.05, 0.1) is 14.2 Å². The van der Waals surface area contributed by atoms with Crippen molar-refractivity contribution in [3.8, 4) is 11.5 Å². The summed E-state index contributed by atoms with van der Waals surface area (Å²) in [4.78, 5) is 14.1. The van der Waals surface area contributed by atoms with E-state index in [1.54, 1.807) is 26.4 Å². The molecule has 0 atom stereocenters. The number of nitrogens with zero attached hydrogens (tertiary/aromatic N) is 1. The number of hydrogen-bond donors (Lipinski definition) is 1. The van der Waals surface area contributed by atoms with E-state index in [1.165, 1.54) is 6.08 Å². The van der Waals surface area contributed by atoms with Crippen LogP contribution in [0.3, 0.4) is 0 Å². The lowest BCUT2D eigenvalue weighted by molar-refractivity contribution is -0.116. The van der Waals surface area contributed by atoms with Crippen LogP contribution in [0.1, 0.15) is 5.56 Å². The van der Waals surface area contributed by atoms with Crippen LogP contribution in [-0.4, -0.2) is 40.3 Å². The zero-order valence-electron chi connectivity index (χ0n) is 14.9. The summed E-state index contributed by atoms with van der Waals surface area (Å²) in [6.45, 7) is 1.30. The molecule has 0 aliphatic carbocycles. The van der Waals surface area contributed by atoms with E-state index in [1.807, 2.05) is 49.5 Å². The molecule has 0 spiro atoms. The molecule has 1 amide bonds. The SMILES string of the molecule is COc1cc(/C=C/C(=O)NCCN(C)c2ccccc2)cc(OC)c1. The van der Waals surface area contributed by atoms with Crippen LogP contribution in [0.5, 0.6) is 11.5 Å². The van der Waals surface area contributed by atoms with Gasteiger partial charge in [-0.1, -0.05) is 18.2 Å². The monoisotopic (exact) mass is 340 g/mol. The van der Waals surface area contributed by atoms with Gasteiger partial charge >= 0.3 is 0 Å². The second-order valence-electron chi connectivity index (χ2n) is 5.53. The highest BCUT2D eigenvalue weighted by Crippen LogP contribution is 2.23. The lowest BCUT2D eigenvalue weighted by atomic mass is 10.2. The van der Waals surface area contributed by atoms with Gasteiger partial charge in [-0.25, -0.2) is 0 Å². The van der Waals surface area contributed by atoms with Crippen molar-refractivity contribution < 1.29 is 14.3 Å². The number of anilines is 1. The molecule has 0 bridgehead atoms. The first-order valence-corrected chi connectivity index (χ1v) is 8.07. The average molecular weight is 340 g/mol. The van der Waals surface area contributed by atoms with Crippen molar-refractivity contribution in [3.05, 3.63) is 60.2 Å². The van der Waals surface area contributed by atoms with E-state index >= 15 is 0 Å². The first-order valence-electron chi connectivity index (χ1n) is 8.07. The molecule has 0 unspecified atom stereocenters. The minimum Gasteiger partial charge on any atom is -0.497 e. The summed E-state index contributed by atoms with van der Waals surface area (Å²) >= 11 is 0. The Bertz CT molecular complexity index is 692. The summed E-state index contributed by atoms with van der Waals surface area (Å²) in [5.74, 6) is 1.23. The molecule has 5 nitrogen and oxygen atoms in total. The van der Waals surface area contributed by atoms with E-state index < -0.39 is 0 Å². The number of nitrogens with one attached hydrogen (secondary N) is 1. The molecule has 0 aliphatic rings. The van der Waals surface area contributed by atoms with Gasteiger partial charge in [-0.3, -0.25) is 4.79 Å². The lowest BCUT2D eigenvalue weighted by Crippen LogP contribution is -2.31. The minimum atomic E-state index is -0.136. The zero-order valence-corrected chi connectivity index (χ0v) is 14.9. The molecule has 132 valence electrons. The molecule has 25 heavy (non-hydrogen) atoms. The van der Waals surface area contributed by atoms with Crippen LogP contribution in [0.25, 0.3) is 6.08 Å². The first-order chi connectivity index (χ1) is 12.1. The summed E-state index contributed by atoms with van der Waals surface area (Å²) < 4.78 is 10.4. The lowest BCUT2D eigenvalue weighted by Gasteiger charge is -2.19. The molecular formula is C20H24N2O3. The normalized spacial score (nSPS) is 10.5. The second kappa shape index (κ2) is 9.37. The molecule has 0 aromatic heterocycles. The maximum atomic E-state index is 12.0. The number of para-hydroxylation sites is 1. The molecule has 0 saturated heterocycles. The zero-order chi connectivity index (χ0) is 18.1. The van der Waals surface area contributed by atoms with Crippen LogP contribution in [-0.2, 0) is 4.79 Å². The molecule has 0 radical (unpaired) electrons. The summed E-state index contributed by atoms with van der Waals surface area (Å²) in [7, 11) is 5.19. The van der Waals surface area contributed by atoms with Crippen molar-refractivity contribution in [3.63, 3.8) is 0 Å². The fourth-order valence-corrected chi connectivity index (χ4v) is 2.31. The Morgan fingerprint density at radius 3 is 2.32 bits per heavy atom. The topological polar surface area (TPSA) is 50.8 Å². The van der Waals surface area contributed by atoms with Crippen molar-refractivity contribution in [2.24, 2.45) is 0 Å². The minimum absolute atomic E-state index is 0.136. The fourth-order valence-electron chi connectivity index (χ4n) is 2.31. The fraction of sp³-hybridized carbons (Fsp3) is 0.250. The Balaban J connectivity index is 1.84. The van der Waals surface area contributed by atoms with Crippen LogP contribution in [0.4, 0.5) is 5.69 Å². The highest BCUT2D eigenvalue weighted by molar-refractivity contribution is 5.91. The van der Waals surface area contributed by atoms with Gasteiger partial charge in [0.2, 0.25) is 5.91 Å². The summed E-state index contributed by atoms with van der Waals surface area (Å²) in [5.41, 5.74) is 1.96. The third kappa shape index (κ3) is 5.88. The Labute approximate surface area is 148 Å². The molecule has 0 heterocycles. The van der Waals surface area contributed by atoms with E-state index in [0.717, 1.165) is 17.8 Å². The number of ether oxygens (including phenoxy) is 2. The van der Waals surface area contributed by atoms with Gasteiger partial charge in [-0.15, -0.1) is 0 Å². The van der Waals surface area contributed by atoms with Crippen LogP contribution in [0, 0.1) is 0 Å². The maximum Gasteiger partial charge on any atom is 0.244 e. The number of amides is 1. The smallest absolute Gasteiger partial charge is 0.244 e. The highest BCUT2D eigenvalue weighted by Gasteiger charge is 2.02. The van der Waals surface area contributed by atoms with E-state index in [-0.39, 0.29) is 5.91 Å². The molecule has 0 saturated carbocycles. The number of likely N-dealkylation sites (N-methyl/N-ethyl adjacent to an activating group) is 1. The number of rotatable bonds is 8. The maximum absolute atomic E-state index is 12.0. The van der Waals surface area contributed by atoms with Crippen LogP contribution in [0.15, 0.2) is 54.6 Å². The molecular weight excluding hydrogens is 316 g/mol. The average Bonchev–Trinajstić information content (AvgIpc) is 2.66. The molecule has 0 aliphatic heterocycles. The van der Waals surface area contributed by atoms with Gasteiger partial charge in [-0.2, -0.15) is 0 Å². The number of carbonyl (C=O) groups excluding carboxylic acids is 1. The van der Waals surface area contributed by atoms with E-state index in [4.69, 9.17) is 9.47 Å². The Kier molecular flexibility index (Phi) is 6.89. The Hall–Kier alpha value is -2.95. The van der Waals surface area contributed by atoms with Crippen molar-refractivity contribution in [1.29, 1.82) is 0 Å². The number of hydrogen-bond acceptors (Lipinski definition) is 4. The van der Waals surface area contributed by atoms with Gasteiger partial charge in [0.1, 0.15) is 11.5 Å². The van der Waals surface area contributed by atoms with Gasteiger partial charge in [0.15, 0.2) is 0 Å². The van der Waals surface area contributed by atoms with E-state index in [9.17, 15) is 4.79 Å². The molecule has 2 aromatic rings. The largest absolute Gasteiger partial charge is 0.497 e. The van der Waals surface area contributed by atoms with Gasteiger partial charge < -0.3 is 19.7 Å². The number of methoxy groups -OCH3 is 2. The van der Waals surface area contributed by atoms with E-state index in [0.29, 0.717) is 18.0 Å². The van der Waals surface area contributed by atoms with Gasteiger partial charge in [-0.05, 0) is 35.9 Å². The summed E-state index contributed by atoms with van der Waals surface area (Å²) in [6.07, 6.45) is 3.25. The quantitative estimate of drug-likeness (QED) is 0.751. The number of carbonyl (C=O) groups is 1. The van der Waals surface area contributed by atoms with E-state index in [2.05, 4.69) is 10.2 Å².